The predicted octanol–water partition coefficient (Wildman–Crippen LogP) is 1.22. The van der Waals surface area contributed by atoms with Crippen LogP contribution in [0.4, 0.5) is 0 Å². The lowest BCUT2D eigenvalue weighted by atomic mass is 10.1. The van der Waals surface area contributed by atoms with Crippen LogP contribution in [0.25, 0.3) is 0 Å². The summed E-state index contributed by atoms with van der Waals surface area (Å²) in [5.74, 6) is 0.0848. The number of aromatic nitrogens is 1. The number of methoxy groups -OCH3 is 1. The molecule has 7 nitrogen and oxygen atoms in total. The molecule has 0 atom stereocenters. The van der Waals surface area contributed by atoms with Crippen molar-refractivity contribution in [3.05, 3.63) is 23.9 Å². The molecule has 0 saturated heterocycles. The first-order valence-corrected chi connectivity index (χ1v) is 6.93. The van der Waals surface area contributed by atoms with Gasteiger partial charge < -0.3 is 20.6 Å². The monoisotopic (exact) mass is 292 g/mol. The fraction of sp³-hybridized carbons (Fsp3) is 0.500. The number of carbonyl (C=O) groups is 1. The van der Waals surface area contributed by atoms with Crippen LogP contribution in [0.5, 0.6) is 5.88 Å². The summed E-state index contributed by atoms with van der Waals surface area (Å²) in [5, 5.41) is 11.7. The Morgan fingerprint density at radius 2 is 2.29 bits per heavy atom. The highest BCUT2D eigenvalue weighted by Gasteiger charge is 2.29. The second kappa shape index (κ2) is 6.92. The zero-order valence-corrected chi connectivity index (χ0v) is 12.0. The minimum Gasteiger partial charge on any atom is -0.480 e. The van der Waals surface area contributed by atoms with Gasteiger partial charge in [0.05, 0.1) is 13.7 Å². The lowest BCUT2D eigenvalue weighted by Gasteiger charge is -2.28. The van der Waals surface area contributed by atoms with Crippen molar-refractivity contribution in [3.8, 4) is 5.88 Å². The van der Waals surface area contributed by atoms with E-state index in [9.17, 15) is 4.79 Å². The summed E-state index contributed by atoms with van der Waals surface area (Å²) in [6, 6.07) is 3.46. The second-order valence-electron chi connectivity index (χ2n) is 5.02. The molecular formula is C14H20N4O3. The van der Waals surface area contributed by atoms with Crippen molar-refractivity contribution in [3.63, 3.8) is 0 Å². The number of pyridine rings is 1. The molecule has 1 fully saturated rings. The standard InChI is InChI=1S/C14H20N4O3/c1-21-13-11(7-4-8-16-13)14(19)18(9-12(15)17-20)10-5-2-3-6-10/h4,7-8,10,20H,2-3,5-6,9H2,1H3,(H2,15,17). The Hall–Kier alpha value is -2.31. The highest BCUT2D eigenvalue weighted by atomic mass is 16.5. The van der Waals surface area contributed by atoms with Gasteiger partial charge in [0.25, 0.3) is 5.91 Å². The Morgan fingerprint density at radius 1 is 1.57 bits per heavy atom. The van der Waals surface area contributed by atoms with Gasteiger partial charge in [0.2, 0.25) is 5.88 Å². The molecule has 1 aromatic heterocycles. The fourth-order valence-electron chi connectivity index (χ4n) is 2.66. The number of nitrogens with two attached hydrogens (primary N) is 1. The van der Waals surface area contributed by atoms with Gasteiger partial charge >= 0.3 is 0 Å². The maximum Gasteiger partial charge on any atom is 0.260 e. The van der Waals surface area contributed by atoms with Crippen molar-refractivity contribution in [1.29, 1.82) is 0 Å². The third-order valence-electron chi connectivity index (χ3n) is 3.68. The number of nitrogens with zero attached hydrogens (tertiary/aromatic N) is 3. The molecule has 2 rings (SSSR count). The fourth-order valence-corrected chi connectivity index (χ4v) is 2.66. The number of hydrogen-bond acceptors (Lipinski definition) is 5. The molecule has 1 amide bonds. The third-order valence-corrected chi connectivity index (χ3v) is 3.68. The van der Waals surface area contributed by atoms with E-state index in [1.807, 2.05) is 0 Å². The van der Waals surface area contributed by atoms with Crippen molar-refractivity contribution in [2.75, 3.05) is 13.7 Å². The van der Waals surface area contributed by atoms with E-state index in [-0.39, 0.29) is 30.2 Å². The van der Waals surface area contributed by atoms with Crippen LogP contribution in [0, 0.1) is 0 Å². The van der Waals surface area contributed by atoms with Gasteiger partial charge in [-0.3, -0.25) is 4.79 Å². The molecule has 0 spiro atoms. The smallest absolute Gasteiger partial charge is 0.260 e. The number of rotatable bonds is 5. The van der Waals surface area contributed by atoms with Crippen LogP contribution in [0.3, 0.4) is 0 Å². The molecule has 21 heavy (non-hydrogen) atoms. The van der Waals surface area contributed by atoms with E-state index in [1.165, 1.54) is 7.11 Å². The van der Waals surface area contributed by atoms with Gasteiger partial charge in [-0.15, -0.1) is 0 Å². The van der Waals surface area contributed by atoms with Gasteiger partial charge in [0.1, 0.15) is 5.56 Å². The van der Waals surface area contributed by atoms with Crippen LogP contribution in [-0.4, -0.2) is 46.5 Å². The first-order chi connectivity index (χ1) is 10.2. The molecule has 0 unspecified atom stereocenters. The number of ether oxygens (including phenoxy) is 1. The molecule has 0 aliphatic heterocycles. The molecule has 1 heterocycles. The highest BCUT2D eigenvalue weighted by Crippen LogP contribution is 2.26. The summed E-state index contributed by atoms with van der Waals surface area (Å²) in [7, 11) is 1.47. The first kappa shape index (κ1) is 15.1. The SMILES string of the molecule is COc1ncccc1C(=O)N(CC(N)=NO)C1CCCC1. The molecule has 1 aromatic rings. The van der Waals surface area contributed by atoms with Crippen LogP contribution in [0.2, 0.25) is 0 Å². The summed E-state index contributed by atoms with van der Waals surface area (Å²) in [6.45, 7) is 0.0953. The number of amidine groups is 1. The minimum atomic E-state index is -0.210. The Morgan fingerprint density at radius 3 is 2.90 bits per heavy atom. The van der Waals surface area contributed by atoms with Crippen molar-refractivity contribution in [1.82, 2.24) is 9.88 Å². The molecule has 0 aromatic carbocycles. The lowest BCUT2D eigenvalue weighted by Crippen LogP contribution is -2.44. The molecule has 1 aliphatic rings. The van der Waals surface area contributed by atoms with E-state index >= 15 is 0 Å². The molecule has 1 aliphatic carbocycles. The van der Waals surface area contributed by atoms with Crippen molar-refractivity contribution in [2.45, 2.75) is 31.7 Å². The Kier molecular flexibility index (Phi) is 4.97. The van der Waals surface area contributed by atoms with E-state index in [0.717, 1.165) is 25.7 Å². The van der Waals surface area contributed by atoms with Crippen LogP contribution < -0.4 is 10.5 Å². The van der Waals surface area contributed by atoms with Crippen LogP contribution in [0.1, 0.15) is 36.0 Å². The predicted molar refractivity (Wildman–Crippen MR) is 77.5 cm³/mol. The Labute approximate surface area is 123 Å². The number of hydrogen-bond donors (Lipinski definition) is 2. The average molecular weight is 292 g/mol. The quantitative estimate of drug-likeness (QED) is 0.368. The number of oxime groups is 1. The zero-order chi connectivity index (χ0) is 15.2. The third kappa shape index (κ3) is 3.42. The maximum atomic E-state index is 12.8. The molecule has 0 bridgehead atoms. The lowest BCUT2D eigenvalue weighted by molar-refractivity contribution is 0.0708. The summed E-state index contributed by atoms with van der Waals surface area (Å²) in [4.78, 5) is 18.5. The number of carbonyl (C=O) groups excluding carboxylic acids is 1. The molecule has 114 valence electrons. The molecule has 1 saturated carbocycles. The van der Waals surface area contributed by atoms with Crippen molar-refractivity contribution in [2.24, 2.45) is 10.9 Å². The van der Waals surface area contributed by atoms with Gasteiger partial charge in [-0.1, -0.05) is 18.0 Å². The first-order valence-electron chi connectivity index (χ1n) is 6.93. The number of amides is 1. The van der Waals surface area contributed by atoms with Gasteiger partial charge in [-0.2, -0.15) is 0 Å². The Balaban J connectivity index is 2.28. The zero-order valence-electron chi connectivity index (χ0n) is 12.0. The van der Waals surface area contributed by atoms with E-state index < -0.39 is 0 Å². The van der Waals surface area contributed by atoms with E-state index in [2.05, 4.69) is 10.1 Å². The van der Waals surface area contributed by atoms with Crippen LogP contribution >= 0.6 is 0 Å². The maximum absolute atomic E-state index is 12.8. The van der Waals surface area contributed by atoms with E-state index in [0.29, 0.717) is 5.56 Å². The van der Waals surface area contributed by atoms with Gasteiger partial charge in [0.15, 0.2) is 5.84 Å². The normalized spacial score (nSPS) is 16.0. The minimum absolute atomic E-state index is 0.0121. The van der Waals surface area contributed by atoms with Gasteiger partial charge in [0, 0.05) is 12.2 Å². The molecule has 0 radical (unpaired) electrons. The second-order valence-corrected chi connectivity index (χ2v) is 5.02. The van der Waals surface area contributed by atoms with Crippen molar-refractivity contribution >= 4 is 11.7 Å². The summed E-state index contributed by atoms with van der Waals surface area (Å²) in [6.07, 6.45) is 5.57. The molecule has 7 heteroatoms. The summed E-state index contributed by atoms with van der Waals surface area (Å²) in [5.41, 5.74) is 5.97. The van der Waals surface area contributed by atoms with Gasteiger partial charge in [-0.25, -0.2) is 4.98 Å². The Bertz CT molecular complexity index is 527. The van der Waals surface area contributed by atoms with Gasteiger partial charge in [-0.05, 0) is 25.0 Å². The van der Waals surface area contributed by atoms with Crippen LogP contribution in [-0.2, 0) is 0 Å². The topological polar surface area (TPSA) is 101 Å². The van der Waals surface area contributed by atoms with Crippen LogP contribution in [0.15, 0.2) is 23.5 Å². The largest absolute Gasteiger partial charge is 0.480 e. The summed E-state index contributed by atoms with van der Waals surface area (Å²) >= 11 is 0. The molecule has 3 N–H and O–H groups in total. The van der Waals surface area contributed by atoms with E-state index in [1.54, 1.807) is 23.2 Å². The highest BCUT2D eigenvalue weighted by molar-refractivity contribution is 5.99. The van der Waals surface area contributed by atoms with Crippen molar-refractivity contribution < 1.29 is 14.7 Å². The average Bonchev–Trinajstić information content (AvgIpc) is 3.05. The molecular weight excluding hydrogens is 272 g/mol. The van der Waals surface area contributed by atoms with E-state index in [4.69, 9.17) is 15.7 Å². The summed E-state index contributed by atoms with van der Waals surface area (Å²) < 4.78 is 5.14.